The van der Waals surface area contributed by atoms with Crippen LogP contribution in [-0.4, -0.2) is 14.1 Å². The second-order valence-electron chi connectivity index (χ2n) is 5.45. The number of anilines is 1. The summed E-state index contributed by atoms with van der Waals surface area (Å²) < 4.78 is 5.58. The molecule has 0 aliphatic carbocycles. The molecule has 0 spiro atoms. The van der Waals surface area contributed by atoms with Gasteiger partial charge in [-0.05, 0) is 23.8 Å². The summed E-state index contributed by atoms with van der Waals surface area (Å²) in [4.78, 5) is 2.04. The van der Waals surface area contributed by atoms with Gasteiger partial charge in [0.2, 0.25) is 5.88 Å². The van der Waals surface area contributed by atoms with Gasteiger partial charge in [-0.1, -0.05) is 30.3 Å². The van der Waals surface area contributed by atoms with Gasteiger partial charge in [-0.25, -0.2) is 0 Å². The Morgan fingerprint density at radius 3 is 2.41 bits per heavy atom. The Morgan fingerprint density at radius 2 is 1.77 bits per heavy atom. The molecule has 0 aromatic heterocycles. The average Bonchev–Trinajstić information content (AvgIpc) is 2.53. The van der Waals surface area contributed by atoms with Crippen LogP contribution in [0.1, 0.15) is 17.0 Å². The largest absolute Gasteiger partial charge is 0.440 e. The van der Waals surface area contributed by atoms with Gasteiger partial charge in [0, 0.05) is 25.3 Å². The second-order valence-corrected chi connectivity index (χ2v) is 5.45. The Kier molecular flexibility index (Phi) is 3.48. The first-order valence-electron chi connectivity index (χ1n) is 7.05. The quantitative estimate of drug-likeness (QED) is 0.924. The van der Waals surface area contributed by atoms with Crippen LogP contribution in [0.3, 0.4) is 0 Å². The molecule has 0 saturated heterocycles. The molecule has 2 aromatic rings. The fourth-order valence-electron chi connectivity index (χ4n) is 2.71. The fourth-order valence-corrected chi connectivity index (χ4v) is 2.71. The normalized spacial score (nSPS) is 16.5. The van der Waals surface area contributed by atoms with E-state index in [1.165, 1.54) is 0 Å². The zero-order valence-corrected chi connectivity index (χ0v) is 12.6. The minimum absolute atomic E-state index is 0.183. The Balaban J connectivity index is 2.13. The van der Waals surface area contributed by atoms with E-state index in [0.717, 1.165) is 16.8 Å². The van der Waals surface area contributed by atoms with Crippen LogP contribution < -0.4 is 15.4 Å². The number of benzene rings is 2. The van der Waals surface area contributed by atoms with Crippen molar-refractivity contribution in [2.75, 3.05) is 19.0 Å². The van der Waals surface area contributed by atoms with Crippen molar-refractivity contribution >= 4 is 5.69 Å². The summed E-state index contributed by atoms with van der Waals surface area (Å²) in [6.07, 6.45) is 0. The summed E-state index contributed by atoms with van der Waals surface area (Å²) in [5.41, 5.74) is 9.49. The molecule has 0 radical (unpaired) electrons. The maximum atomic E-state index is 9.49. The standard InChI is InChI=1S/C18H17N3O/c1-21(2)13-9-7-12(8-10-13)17-14-5-3-4-6-16(14)22-18(20)15(17)11-19/h3-10,17H,20H2,1-2H3/t17-/m0/s1. The molecule has 0 bridgehead atoms. The Hall–Kier alpha value is -2.93. The highest BCUT2D eigenvalue weighted by atomic mass is 16.5. The van der Waals surface area contributed by atoms with Crippen molar-refractivity contribution in [3.8, 4) is 11.8 Å². The van der Waals surface area contributed by atoms with E-state index in [1.54, 1.807) is 0 Å². The first-order valence-corrected chi connectivity index (χ1v) is 7.05. The summed E-state index contributed by atoms with van der Waals surface area (Å²) in [5.74, 6) is 0.703. The van der Waals surface area contributed by atoms with Gasteiger partial charge in [0.25, 0.3) is 0 Å². The third kappa shape index (κ3) is 2.27. The van der Waals surface area contributed by atoms with Crippen molar-refractivity contribution in [3.63, 3.8) is 0 Å². The molecule has 1 aliphatic heterocycles. The lowest BCUT2D eigenvalue weighted by Gasteiger charge is -2.26. The second kappa shape index (κ2) is 5.45. The number of nitrogens with zero attached hydrogens (tertiary/aromatic N) is 2. The van der Waals surface area contributed by atoms with E-state index in [0.29, 0.717) is 11.3 Å². The van der Waals surface area contributed by atoms with Crippen molar-refractivity contribution in [3.05, 3.63) is 71.1 Å². The average molecular weight is 291 g/mol. The molecule has 0 unspecified atom stereocenters. The van der Waals surface area contributed by atoms with Gasteiger partial charge in [0.05, 0.1) is 5.92 Å². The van der Waals surface area contributed by atoms with Crippen molar-refractivity contribution in [2.45, 2.75) is 5.92 Å². The molecule has 1 heterocycles. The first kappa shape index (κ1) is 14.0. The van der Waals surface area contributed by atoms with Gasteiger partial charge in [-0.3, -0.25) is 0 Å². The number of rotatable bonds is 2. The van der Waals surface area contributed by atoms with E-state index in [2.05, 4.69) is 6.07 Å². The van der Waals surface area contributed by atoms with Crippen LogP contribution in [0.2, 0.25) is 0 Å². The van der Waals surface area contributed by atoms with Crippen molar-refractivity contribution in [1.29, 1.82) is 5.26 Å². The molecule has 0 amide bonds. The highest BCUT2D eigenvalue weighted by Crippen LogP contribution is 2.41. The highest BCUT2D eigenvalue weighted by molar-refractivity contribution is 5.57. The predicted molar refractivity (Wildman–Crippen MR) is 86.5 cm³/mol. The van der Waals surface area contributed by atoms with Crippen LogP contribution >= 0.6 is 0 Å². The van der Waals surface area contributed by atoms with Gasteiger partial charge in [-0.15, -0.1) is 0 Å². The summed E-state index contributed by atoms with van der Waals surface area (Å²) in [7, 11) is 3.99. The van der Waals surface area contributed by atoms with Gasteiger partial charge < -0.3 is 15.4 Å². The van der Waals surface area contributed by atoms with E-state index < -0.39 is 0 Å². The number of fused-ring (bicyclic) bond motifs is 1. The molecule has 22 heavy (non-hydrogen) atoms. The monoisotopic (exact) mass is 291 g/mol. The lowest BCUT2D eigenvalue weighted by molar-refractivity contribution is 0.393. The third-order valence-electron chi connectivity index (χ3n) is 3.87. The van der Waals surface area contributed by atoms with Gasteiger partial charge >= 0.3 is 0 Å². The maximum Gasteiger partial charge on any atom is 0.205 e. The minimum atomic E-state index is -0.189. The zero-order chi connectivity index (χ0) is 15.7. The fraction of sp³-hybridized carbons (Fsp3) is 0.167. The molecule has 1 atom stereocenters. The highest BCUT2D eigenvalue weighted by Gasteiger charge is 2.30. The molecule has 2 aromatic carbocycles. The summed E-state index contributed by atoms with van der Waals surface area (Å²) in [6, 6.07) is 18.0. The Bertz CT molecular complexity index is 770. The molecule has 0 saturated carbocycles. The van der Waals surface area contributed by atoms with Crippen LogP contribution in [0.25, 0.3) is 0 Å². The van der Waals surface area contributed by atoms with E-state index in [-0.39, 0.29) is 11.8 Å². The van der Waals surface area contributed by atoms with Crippen LogP contribution in [0.5, 0.6) is 5.75 Å². The topological polar surface area (TPSA) is 62.3 Å². The molecule has 4 heteroatoms. The first-order chi connectivity index (χ1) is 10.6. The lowest BCUT2D eigenvalue weighted by Crippen LogP contribution is -2.21. The molecule has 3 rings (SSSR count). The number of allylic oxidation sites excluding steroid dienone is 1. The summed E-state index contributed by atoms with van der Waals surface area (Å²) in [6.45, 7) is 0. The number of nitriles is 1. The Labute approximate surface area is 130 Å². The molecule has 4 nitrogen and oxygen atoms in total. The third-order valence-corrected chi connectivity index (χ3v) is 3.87. The van der Waals surface area contributed by atoms with Crippen molar-refractivity contribution < 1.29 is 4.74 Å². The molecule has 0 fully saturated rings. The van der Waals surface area contributed by atoms with E-state index in [9.17, 15) is 5.26 Å². The van der Waals surface area contributed by atoms with Crippen molar-refractivity contribution in [1.82, 2.24) is 0 Å². The summed E-state index contributed by atoms with van der Waals surface area (Å²) in [5, 5.41) is 9.49. The van der Waals surface area contributed by atoms with Crippen LogP contribution in [0.4, 0.5) is 5.69 Å². The van der Waals surface area contributed by atoms with Crippen LogP contribution in [0, 0.1) is 11.3 Å². The van der Waals surface area contributed by atoms with Gasteiger partial charge in [0.1, 0.15) is 17.4 Å². The zero-order valence-electron chi connectivity index (χ0n) is 12.6. The number of nitrogens with two attached hydrogens (primary N) is 1. The molecule has 2 N–H and O–H groups in total. The van der Waals surface area contributed by atoms with Gasteiger partial charge in [-0.2, -0.15) is 5.26 Å². The predicted octanol–water partition coefficient (Wildman–Crippen LogP) is 2.97. The van der Waals surface area contributed by atoms with E-state index in [4.69, 9.17) is 10.5 Å². The molecule has 1 aliphatic rings. The molecular weight excluding hydrogens is 274 g/mol. The summed E-state index contributed by atoms with van der Waals surface area (Å²) >= 11 is 0. The Morgan fingerprint density at radius 1 is 1.09 bits per heavy atom. The van der Waals surface area contributed by atoms with E-state index >= 15 is 0 Å². The number of ether oxygens (including phenoxy) is 1. The van der Waals surface area contributed by atoms with E-state index in [1.807, 2.05) is 67.5 Å². The SMILES string of the molecule is CN(C)c1ccc([C@@H]2C(C#N)=C(N)Oc3ccccc32)cc1. The smallest absolute Gasteiger partial charge is 0.205 e. The number of hydrogen-bond donors (Lipinski definition) is 1. The lowest BCUT2D eigenvalue weighted by atomic mass is 9.83. The molecular formula is C18H17N3O. The maximum absolute atomic E-state index is 9.49. The molecule has 110 valence electrons. The minimum Gasteiger partial charge on any atom is -0.440 e. The van der Waals surface area contributed by atoms with Crippen LogP contribution in [-0.2, 0) is 0 Å². The number of hydrogen-bond acceptors (Lipinski definition) is 4. The van der Waals surface area contributed by atoms with Crippen LogP contribution in [0.15, 0.2) is 60.0 Å². The van der Waals surface area contributed by atoms with Gasteiger partial charge in [0.15, 0.2) is 0 Å². The number of para-hydroxylation sites is 1. The van der Waals surface area contributed by atoms with Crippen molar-refractivity contribution in [2.24, 2.45) is 5.73 Å².